The van der Waals surface area contributed by atoms with Gasteiger partial charge in [0.25, 0.3) is 0 Å². The zero-order valence-electron chi connectivity index (χ0n) is 4.92. The summed E-state index contributed by atoms with van der Waals surface area (Å²) in [6.45, 7) is 2.90. The molecule has 1 nitrogen and oxygen atoms in total. The van der Waals surface area contributed by atoms with Gasteiger partial charge in [0, 0.05) is 12.4 Å². The minimum Gasteiger partial charge on any atom is -0.367 e. The van der Waals surface area contributed by atoms with Gasteiger partial charge in [-0.25, -0.2) is 0 Å². The van der Waals surface area contributed by atoms with E-state index in [0.29, 0.717) is 5.44 Å². The second-order valence-electron chi connectivity index (χ2n) is 1.59. The van der Waals surface area contributed by atoms with E-state index in [9.17, 15) is 0 Å². The van der Waals surface area contributed by atoms with Gasteiger partial charge in [0.15, 0.2) is 0 Å². The van der Waals surface area contributed by atoms with Gasteiger partial charge in [-0.2, -0.15) is 0 Å². The Bertz CT molecular complexity index is 61.4. The lowest BCUT2D eigenvalue weighted by Crippen LogP contribution is -2.02. The molecule has 0 bridgehead atoms. The molecule has 0 aromatic heterocycles. The zero-order valence-corrected chi connectivity index (χ0v) is 6.56. The molecule has 0 unspecified atom stereocenters. The third-order valence-electron chi connectivity index (χ3n) is 0.965. The topological polar surface area (TPSA) is 9.23 Å². The zero-order chi connectivity index (χ0) is 5.82. The molecule has 0 aromatic carbocycles. The molecule has 0 aromatic rings. The fraction of sp³-hybridized carbons (Fsp3) is 1.00. The van der Waals surface area contributed by atoms with Gasteiger partial charge in [0.05, 0.1) is 0 Å². The van der Waals surface area contributed by atoms with Crippen LogP contribution in [0.3, 0.4) is 0 Å². The molecule has 3 heteroatoms. The van der Waals surface area contributed by atoms with E-state index in [0.717, 1.165) is 6.61 Å². The summed E-state index contributed by atoms with van der Waals surface area (Å²) in [5.74, 6) is 1.26. The maximum absolute atomic E-state index is 5.34. The average Bonchev–Trinajstić information content (AvgIpc) is 2.19. The summed E-state index contributed by atoms with van der Waals surface area (Å²) in [7, 11) is 3.78. The maximum Gasteiger partial charge on any atom is 0.114 e. The molecule has 1 aliphatic rings. The summed E-state index contributed by atoms with van der Waals surface area (Å²) in [5.41, 5.74) is 0.491. The summed E-state index contributed by atoms with van der Waals surface area (Å²) in [6, 6.07) is 0. The van der Waals surface area contributed by atoms with Crippen molar-refractivity contribution in [3.05, 3.63) is 0 Å². The van der Waals surface area contributed by atoms with Crippen molar-refractivity contribution in [2.75, 3.05) is 12.4 Å². The number of hydrogen-bond acceptors (Lipinski definition) is 3. The largest absolute Gasteiger partial charge is 0.367 e. The third-order valence-corrected chi connectivity index (χ3v) is 3.64. The van der Waals surface area contributed by atoms with Crippen molar-refractivity contribution in [1.82, 2.24) is 0 Å². The van der Waals surface area contributed by atoms with Crippen LogP contribution in [0.25, 0.3) is 0 Å². The molecular formula is C5H10OS2. The molecule has 0 amide bonds. The molecular weight excluding hydrogens is 140 g/mol. The molecule has 1 aliphatic heterocycles. The van der Waals surface area contributed by atoms with Crippen molar-refractivity contribution < 1.29 is 4.74 Å². The van der Waals surface area contributed by atoms with E-state index in [1.54, 1.807) is 0 Å². The lowest BCUT2D eigenvalue weighted by Gasteiger charge is -2.04. The van der Waals surface area contributed by atoms with Crippen LogP contribution in [0.5, 0.6) is 0 Å². The second-order valence-corrected chi connectivity index (χ2v) is 4.24. The first-order chi connectivity index (χ1) is 3.93. The van der Waals surface area contributed by atoms with E-state index < -0.39 is 0 Å². The SMILES string of the molecule is CCO[C@H]1CCSS1. The molecule has 0 N–H and O–H groups in total. The molecule has 48 valence electrons. The molecule has 1 saturated heterocycles. The molecule has 0 saturated carbocycles. The Morgan fingerprint density at radius 3 is 3.12 bits per heavy atom. The van der Waals surface area contributed by atoms with Crippen LogP contribution in [-0.2, 0) is 4.74 Å². The van der Waals surface area contributed by atoms with Gasteiger partial charge in [0.1, 0.15) is 5.44 Å². The first kappa shape index (κ1) is 6.78. The van der Waals surface area contributed by atoms with E-state index in [2.05, 4.69) is 0 Å². The average molecular weight is 150 g/mol. The number of rotatable bonds is 2. The van der Waals surface area contributed by atoms with E-state index in [1.807, 2.05) is 28.5 Å². The first-order valence-electron chi connectivity index (χ1n) is 2.83. The highest BCUT2D eigenvalue weighted by Gasteiger charge is 2.15. The van der Waals surface area contributed by atoms with Gasteiger partial charge in [-0.1, -0.05) is 21.6 Å². The lowest BCUT2D eigenvalue weighted by molar-refractivity contribution is 0.125. The lowest BCUT2D eigenvalue weighted by atomic mass is 10.5. The number of hydrogen-bond donors (Lipinski definition) is 0. The van der Waals surface area contributed by atoms with Crippen molar-refractivity contribution in [3.8, 4) is 0 Å². The van der Waals surface area contributed by atoms with Crippen molar-refractivity contribution in [2.24, 2.45) is 0 Å². The summed E-state index contributed by atoms with van der Waals surface area (Å²) < 4.78 is 5.34. The Morgan fingerprint density at radius 1 is 1.75 bits per heavy atom. The van der Waals surface area contributed by atoms with Crippen molar-refractivity contribution in [1.29, 1.82) is 0 Å². The number of ether oxygens (including phenoxy) is 1. The summed E-state index contributed by atoms with van der Waals surface area (Å²) in [4.78, 5) is 0. The smallest absolute Gasteiger partial charge is 0.114 e. The quantitative estimate of drug-likeness (QED) is 0.558. The molecule has 0 spiro atoms. The van der Waals surface area contributed by atoms with Crippen molar-refractivity contribution in [3.63, 3.8) is 0 Å². The van der Waals surface area contributed by atoms with Crippen LogP contribution in [0.2, 0.25) is 0 Å². The monoisotopic (exact) mass is 150 g/mol. The van der Waals surface area contributed by atoms with Crippen LogP contribution in [-0.4, -0.2) is 17.8 Å². The highest BCUT2D eigenvalue weighted by Crippen LogP contribution is 2.37. The minimum absolute atomic E-state index is 0.491. The van der Waals surface area contributed by atoms with Crippen LogP contribution in [0, 0.1) is 0 Å². The predicted octanol–water partition coefficient (Wildman–Crippen LogP) is 2.13. The Hall–Kier alpha value is 0.660. The Balaban J connectivity index is 2.06. The van der Waals surface area contributed by atoms with Gasteiger partial charge in [-0.15, -0.1) is 0 Å². The highest BCUT2D eigenvalue weighted by molar-refractivity contribution is 8.77. The Labute approximate surface area is 58.0 Å². The molecule has 8 heavy (non-hydrogen) atoms. The van der Waals surface area contributed by atoms with Gasteiger partial charge in [-0.3, -0.25) is 0 Å². The van der Waals surface area contributed by atoms with E-state index >= 15 is 0 Å². The van der Waals surface area contributed by atoms with Gasteiger partial charge < -0.3 is 4.74 Å². The maximum atomic E-state index is 5.34. The third kappa shape index (κ3) is 1.88. The Morgan fingerprint density at radius 2 is 2.62 bits per heavy atom. The predicted molar refractivity (Wildman–Crippen MR) is 40.1 cm³/mol. The highest BCUT2D eigenvalue weighted by atomic mass is 33.1. The summed E-state index contributed by atoms with van der Waals surface area (Å²) in [6.07, 6.45) is 1.23. The molecule has 0 radical (unpaired) electrons. The van der Waals surface area contributed by atoms with Crippen LogP contribution in [0.4, 0.5) is 0 Å². The second kappa shape index (κ2) is 3.64. The van der Waals surface area contributed by atoms with Crippen LogP contribution < -0.4 is 0 Å². The summed E-state index contributed by atoms with van der Waals surface area (Å²) >= 11 is 0. The van der Waals surface area contributed by atoms with Crippen molar-refractivity contribution >= 4 is 21.6 Å². The normalized spacial score (nSPS) is 28.9. The first-order valence-corrected chi connectivity index (χ1v) is 5.21. The van der Waals surface area contributed by atoms with Gasteiger partial charge in [-0.05, 0) is 13.3 Å². The molecule has 0 aliphatic carbocycles. The molecule has 1 fully saturated rings. The minimum atomic E-state index is 0.491. The Kier molecular flexibility index (Phi) is 3.08. The van der Waals surface area contributed by atoms with Crippen LogP contribution in [0.1, 0.15) is 13.3 Å². The summed E-state index contributed by atoms with van der Waals surface area (Å²) in [5, 5.41) is 0. The van der Waals surface area contributed by atoms with Crippen molar-refractivity contribution in [2.45, 2.75) is 18.8 Å². The fourth-order valence-electron chi connectivity index (χ4n) is 0.613. The van der Waals surface area contributed by atoms with Gasteiger partial charge in [0.2, 0.25) is 0 Å². The van der Waals surface area contributed by atoms with Crippen LogP contribution in [0.15, 0.2) is 0 Å². The van der Waals surface area contributed by atoms with Crippen LogP contribution >= 0.6 is 21.6 Å². The van der Waals surface area contributed by atoms with E-state index in [1.165, 1.54) is 12.2 Å². The molecule has 1 atom stereocenters. The standard InChI is InChI=1S/C5H10OS2/c1-2-6-5-3-4-7-8-5/h5H,2-4H2,1H3/t5-/m1/s1. The van der Waals surface area contributed by atoms with Gasteiger partial charge >= 0.3 is 0 Å². The fourth-order valence-corrected chi connectivity index (χ4v) is 3.21. The van der Waals surface area contributed by atoms with E-state index in [4.69, 9.17) is 4.74 Å². The van der Waals surface area contributed by atoms with E-state index in [-0.39, 0.29) is 0 Å². The molecule has 1 heterocycles. The molecule has 1 rings (SSSR count).